The summed E-state index contributed by atoms with van der Waals surface area (Å²) in [4.78, 5) is 12.0. The lowest BCUT2D eigenvalue weighted by atomic mass is 10.2. The Balaban J connectivity index is 2.36. The minimum Gasteiger partial charge on any atom is -0.319 e. The van der Waals surface area contributed by atoms with Gasteiger partial charge in [0.15, 0.2) is 9.84 Å². The first-order valence-corrected chi connectivity index (χ1v) is 8.91. The van der Waals surface area contributed by atoms with Crippen LogP contribution in [0.5, 0.6) is 0 Å². The summed E-state index contributed by atoms with van der Waals surface area (Å²) in [5, 5.41) is 2.29. The smallest absolute Gasteiger partial charge is 0.256 e. The molecule has 0 saturated heterocycles. The van der Waals surface area contributed by atoms with E-state index in [0.29, 0.717) is 3.57 Å². The van der Waals surface area contributed by atoms with E-state index in [9.17, 15) is 22.0 Å². The third kappa shape index (κ3) is 3.80. The SMILES string of the molecule is CS(=O)(=O)c1ccc(F)c(NC(=O)c2ccc(F)cc2I)c1. The number of rotatable bonds is 3. The first kappa shape index (κ1) is 16.8. The molecule has 0 fully saturated rings. The zero-order valence-corrected chi connectivity index (χ0v) is 14.2. The first-order valence-electron chi connectivity index (χ1n) is 5.94. The number of amides is 1. The van der Waals surface area contributed by atoms with Gasteiger partial charge in [-0.3, -0.25) is 4.79 Å². The summed E-state index contributed by atoms with van der Waals surface area (Å²) in [7, 11) is -3.53. The maximum Gasteiger partial charge on any atom is 0.256 e. The van der Waals surface area contributed by atoms with Gasteiger partial charge in [-0.15, -0.1) is 0 Å². The molecule has 0 aliphatic carbocycles. The van der Waals surface area contributed by atoms with Gasteiger partial charge in [0.1, 0.15) is 11.6 Å². The third-order valence-corrected chi connectivity index (χ3v) is 4.79. The second kappa shape index (κ2) is 6.29. The van der Waals surface area contributed by atoms with E-state index in [4.69, 9.17) is 0 Å². The van der Waals surface area contributed by atoms with Crippen LogP contribution >= 0.6 is 22.6 Å². The Kier molecular flexibility index (Phi) is 4.81. The van der Waals surface area contributed by atoms with E-state index < -0.39 is 27.4 Å². The lowest BCUT2D eigenvalue weighted by molar-refractivity contribution is 0.102. The Labute approximate surface area is 139 Å². The highest BCUT2D eigenvalue weighted by Gasteiger charge is 2.16. The molecule has 2 rings (SSSR count). The van der Waals surface area contributed by atoms with E-state index in [0.717, 1.165) is 30.5 Å². The number of hydrogen-bond donors (Lipinski definition) is 1. The van der Waals surface area contributed by atoms with Crippen molar-refractivity contribution in [2.75, 3.05) is 11.6 Å². The van der Waals surface area contributed by atoms with Crippen LogP contribution in [0.25, 0.3) is 0 Å². The van der Waals surface area contributed by atoms with Crippen molar-refractivity contribution >= 4 is 44.0 Å². The number of halogens is 3. The van der Waals surface area contributed by atoms with Crippen LogP contribution in [0, 0.1) is 15.2 Å². The standard InChI is InChI=1S/C14H10F2INO3S/c1-22(20,21)9-3-5-11(16)13(7-9)18-14(19)10-4-2-8(15)6-12(10)17/h2-7H,1H3,(H,18,19). The average molecular weight is 437 g/mol. The van der Waals surface area contributed by atoms with E-state index in [1.165, 1.54) is 12.1 Å². The lowest BCUT2D eigenvalue weighted by Gasteiger charge is -2.09. The van der Waals surface area contributed by atoms with Crippen LogP contribution in [-0.2, 0) is 9.84 Å². The highest BCUT2D eigenvalue weighted by Crippen LogP contribution is 2.21. The summed E-state index contributed by atoms with van der Waals surface area (Å²) < 4.78 is 50.0. The van der Waals surface area contributed by atoms with Gasteiger partial charge in [0.05, 0.1) is 16.1 Å². The van der Waals surface area contributed by atoms with Crippen molar-refractivity contribution < 1.29 is 22.0 Å². The van der Waals surface area contributed by atoms with Gasteiger partial charge in [-0.2, -0.15) is 0 Å². The van der Waals surface area contributed by atoms with Crippen molar-refractivity contribution in [3.63, 3.8) is 0 Å². The van der Waals surface area contributed by atoms with Gasteiger partial charge >= 0.3 is 0 Å². The number of anilines is 1. The zero-order valence-electron chi connectivity index (χ0n) is 11.2. The molecule has 22 heavy (non-hydrogen) atoms. The van der Waals surface area contributed by atoms with Gasteiger partial charge in [-0.1, -0.05) is 0 Å². The maximum atomic E-state index is 13.7. The van der Waals surface area contributed by atoms with Crippen molar-refractivity contribution in [2.24, 2.45) is 0 Å². The van der Waals surface area contributed by atoms with Crippen molar-refractivity contribution in [1.29, 1.82) is 0 Å². The molecular weight excluding hydrogens is 427 g/mol. The van der Waals surface area contributed by atoms with E-state index >= 15 is 0 Å². The molecule has 0 unspecified atom stereocenters. The normalized spacial score (nSPS) is 11.3. The predicted octanol–water partition coefficient (Wildman–Crippen LogP) is 3.23. The number of carbonyl (C=O) groups excluding carboxylic acids is 1. The van der Waals surface area contributed by atoms with Crippen LogP contribution < -0.4 is 5.32 Å². The third-order valence-electron chi connectivity index (χ3n) is 2.79. The fraction of sp³-hybridized carbons (Fsp3) is 0.0714. The molecule has 0 heterocycles. The van der Waals surface area contributed by atoms with E-state index in [2.05, 4.69) is 5.32 Å². The van der Waals surface area contributed by atoms with Crippen LogP contribution in [0.4, 0.5) is 14.5 Å². The van der Waals surface area contributed by atoms with E-state index in [1.807, 2.05) is 0 Å². The quantitative estimate of drug-likeness (QED) is 0.593. The van der Waals surface area contributed by atoms with Crippen LogP contribution in [0.3, 0.4) is 0 Å². The zero-order chi connectivity index (χ0) is 16.5. The number of carbonyl (C=O) groups is 1. The predicted molar refractivity (Wildman–Crippen MR) is 86.6 cm³/mol. The molecule has 2 aromatic carbocycles. The summed E-state index contributed by atoms with van der Waals surface area (Å²) in [6.07, 6.45) is 0.981. The highest BCUT2D eigenvalue weighted by molar-refractivity contribution is 14.1. The molecular formula is C14H10F2INO3S. The molecule has 1 amide bonds. The minimum absolute atomic E-state index is 0.113. The maximum absolute atomic E-state index is 13.7. The van der Waals surface area contributed by atoms with Crippen LogP contribution in [-0.4, -0.2) is 20.6 Å². The Bertz CT molecular complexity index is 853. The molecule has 0 aliphatic heterocycles. The number of hydrogen-bond acceptors (Lipinski definition) is 3. The average Bonchev–Trinajstić information content (AvgIpc) is 2.39. The van der Waals surface area contributed by atoms with Crippen LogP contribution in [0.15, 0.2) is 41.3 Å². The Morgan fingerprint density at radius 3 is 2.41 bits per heavy atom. The Morgan fingerprint density at radius 1 is 1.14 bits per heavy atom. The van der Waals surface area contributed by atoms with E-state index in [-0.39, 0.29) is 16.1 Å². The molecule has 0 bridgehead atoms. The van der Waals surface area contributed by atoms with Gasteiger partial charge in [0.25, 0.3) is 5.91 Å². The van der Waals surface area contributed by atoms with Gasteiger partial charge in [0, 0.05) is 9.83 Å². The van der Waals surface area contributed by atoms with Crippen LogP contribution in [0.1, 0.15) is 10.4 Å². The largest absolute Gasteiger partial charge is 0.319 e. The highest BCUT2D eigenvalue weighted by atomic mass is 127. The fourth-order valence-electron chi connectivity index (χ4n) is 1.69. The van der Waals surface area contributed by atoms with Crippen molar-refractivity contribution in [3.8, 4) is 0 Å². The molecule has 0 aromatic heterocycles. The van der Waals surface area contributed by atoms with E-state index in [1.54, 1.807) is 22.6 Å². The van der Waals surface area contributed by atoms with Gasteiger partial charge in [-0.25, -0.2) is 17.2 Å². The molecule has 116 valence electrons. The summed E-state index contributed by atoms with van der Waals surface area (Å²) in [5.74, 6) is -1.92. The molecule has 0 saturated carbocycles. The Hall–Kier alpha value is -1.55. The molecule has 4 nitrogen and oxygen atoms in total. The minimum atomic E-state index is -3.53. The Morgan fingerprint density at radius 2 is 1.82 bits per heavy atom. The lowest BCUT2D eigenvalue weighted by Crippen LogP contribution is -2.15. The number of nitrogens with one attached hydrogen (secondary N) is 1. The summed E-state index contributed by atoms with van der Waals surface area (Å²) in [5.41, 5.74) is -0.0980. The summed E-state index contributed by atoms with van der Waals surface area (Å²) in [6, 6.07) is 6.66. The van der Waals surface area contributed by atoms with Gasteiger partial charge in [0.2, 0.25) is 0 Å². The van der Waals surface area contributed by atoms with Crippen molar-refractivity contribution in [2.45, 2.75) is 4.90 Å². The monoisotopic (exact) mass is 437 g/mol. The summed E-state index contributed by atoms with van der Waals surface area (Å²) >= 11 is 1.78. The molecule has 0 radical (unpaired) electrons. The molecule has 0 spiro atoms. The second-order valence-corrected chi connectivity index (χ2v) is 7.67. The number of sulfone groups is 1. The molecule has 2 aromatic rings. The molecule has 8 heteroatoms. The van der Waals surface area contributed by atoms with Gasteiger partial charge in [-0.05, 0) is 59.0 Å². The topological polar surface area (TPSA) is 63.2 Å². The fourth-order valence-corrected chi connectivity index (χ4v) is 3.06. The van der Waals surface area contributed by atoms with Gasteiger partial charge < -0.3 is 5.32 Å². The molecule has 1 N–H and O–H groups in total. The summed E-state index contributed by atoms with van der Waals surface area (Å²) in [6.45, 7) is 0. The van der Waals surface area contributed by atoms with Crippen molar-refractivity contribution in [1.82, 2.24) is 0 Å². The number of benzene rings is 2. The van der Waals surface area contributed by atoms with Crippen LogP contribution in [0.2, 0.25) is 0 Å². The molecule has 0 aliphatic rings. The molecule has 0 atom stereocenters. The van der Waals surface area contributed by atoms with Crippen molar-refractivity contribution in [3.05, 3.63) is 57.2 Å². The second-order valence-electron chi connectivity index (χ2n) is 4.49. The first-order chi connectivity index (χ1) is 10.2.